The number of ether oxygens (including phenoxy) is 1. The number of nitrogens with zero attached hydrogens (tertiary/aromatic N) is 1. The SMILES string of the molecule is CCOc1ccccc1NC(=O)CN(Cc1c(F)cccc1Cl)S(=O)(=O)c1ccc(Cl)cc1. The van der Waals surface area contributed by atoms with Crippen LogP contribution in [0.4, 0.5) is 10.1 Å². The Hall–Kier alpha value is -2.65. The molecule has 1 amide bonds. The van der Waals surface area contributed by atoms with Crippen LogP contribution in [0.5, 0.6) is 5.75 Å². The van der Waals surface area contributed by atoms with E-state index in [2.05, 4.69) is 5.32 Å². The van der Waals surface area contributed by atoms with Crippen LogP contribution < -0.4 is 10.1 Å². The molecule has 0 unspecified atom stereocenters. The van der Waals surface area contributed by atoms with Crippen LogP contribution in [0.3, 0.4) is 0 Å². The molecule has 0 spiro atoms. The van der Waals surface area contributed by atoms with Gasteiger partial charge in [-0.1, -0.05) is 41.4 Å². The minimum absolute atomic E-state index is 0.0424. The zero-order valence-corrected chi connectivity index (χ0v) is 19.9. The number of hydrogen-bond acceptors (Lipinski definition) is 4. The average molecular weight is 511 g/mol. The van der Waals surface area contributed by atoms with E-state index in [0.29, 0.717) is 23.1 Å². The first kappa shape index (κ1) is 25.0. The lowest BCUT2D eigenvalue weighted by molar-refractivity contribution is -0.116. The van der Waals surface area contributed by atoms with Gasteiger partial charge in [-0.15, -0.1) is 0 Å². The summed E-state index contributed by atoms with van der Waals surface area (Å²) in [5.74, 6) is -0.870. The first-order valence-corrected chi connectivity index (χ1v) is 12.1. The minimum atomic E-state index is -4.20. The first-order chi connectivity index (χ1) is 15.7. The van der Waals surface area contributed by atoms with Crippen molar-refractivity contribution in [3.8, 4) is 5.75 Å². The number of para-hydroxylation sites is 2. The van der Waals surface area contributed by atoms with E-state index in [1.165, 1.54) is 42.5 Å². The standard InChI is InChI=1S/C23H21Cl2FN2O4S/c1-2-32-22-9-4-3-8-21(22)27-23(29)15-28(14-18-19(25)6-5-7-20(18)26)33(30,31)17-12-10-16(24)11-13-17/h3-13H,2,14-15H2,1H3,(H,27,29). The second-order valence-electron chi connectivity index (χ2n) is 6.90. The van der Waals surface area contributed by atoms with E-state index in [1.54, 1.807) is 31.2 Å². The van der Waals surface area contributed by atoms with Gasteiger partial charge in [-0.2, -0.15) is 4.31 Å². The molecule has 0 aromatic heterocycles. The highest BCUT2D eigenvalue weighted by Gasteiger charge is 2.29. The van der Waals surface area contributed by atoms with Gasteiger partial charge in [0.25, 0.3) is 0 Å². The molecule has 3 aromatic carbocycles. The number of carbonyl (C=O) groups is 1. The molecule has 0 radical (unpaired) electrons. The van der Waals surface area contributed by atoms with Gasteiger partial charge in [0.15, 0.2) is 0 Å². The smallest absolute Gasteiger partial charge is 0.243 e. The molecule has 174 valence electrons. The normalized spacial score (nSPS) is 11.4. The van der Waals surface area contributed by atoms with E-state index >= 15 is 0 Å². The van der Waals surface area contributed by atoms with Crippen molar-refractivity contribution in [2.24, 2.45) is 0 Å². The van der Waals surface area contributed by atoms with Crippen LogP contribution >= 0.6 is 23.2 Å². The lowest BCUT2D eigenvalue weighted by Crippen LogP contribution is -2.38. The Balaban J connectivity index is 1.93. The average Bonchev–Trinajstić information content (AvgIpc) is 2.77. The van der Waals surface area contributed by atoms with E-state index in [1.807, 2.05) is 0 Å². The molecule has 0 saturated heterocycles. The summed E-state index contributed by atoms with van der Waals surface area (Å²) in [6.07, 6.45) is 0. The van der Waals surface area contributed by atoms with Crippen molar-refractivity contribution in [1.82, 2.24) is 4.31 Å². The molecule has 0 bridgehead atoms. The maximum Gasteiger partial charge on any atom is 0.243 e. The third-order valence-electron chi connectivity index (χ3n) is 4.63. The van der Waals surface area contributed by atoms with Crippen molar-refractivity contribution < 1.29 is 22.3 Å². The van der Waals surface area contributed by atoms with Gasteiger partial charge < -0.3 is 10.1 Å². The van der Waals surface area contributed by atoms with Crippen molar-refractivity contribution in [2.45, 2.75) is 18.4 Å². The van der Waals surface area contributed by atoms with Gasteiger partial charge in [0.2, 0.25) is 15.9 Å². The van der Waals surface area contributed by atoms with Crippen LogP contribution in [-0.2, 0) is 21.4 Å². The second-order valence-corrected chi connectivity index (χ2v) is 9.69. The van der Waals surface area contributed by atoms with Crippen LogP contribution in [0.2, 0.25) is 10.0 Å². The Morgan fingerprint density at radius 2 is 1.73 bits per heavy atom. The largest absolute Gasteiger partial charge is 0.492 e. The number of benzene rings is 3. The van der Waals surface area contributed by atoms with Gasteiger partial charge in [-0.25, -0.2) is 12.8 Å². The predicted octanol–water partition coefficient (Wildman–Crippen LogP) is 5.36. The second kappa shape index (κ2) is 11.0. The van der Waals surface area contributed by atoms with Crippen molar-refractivity contribution >= 4 is 44.8 Å². The first-order valence-electron chi connectivity index (χ1n) is 9.92. The number of halogens is 3. The van der Waals surface area contributed by atoms with Crippen molar-refractivity contribution in [1.29, 1.82) is 0 Å². The van der Waals surface area contributed by atoms with Crippen molar-refractivity contribution in [2.75, 3.05) is 18.5 Å². The summed E-state index contributed by atoms with van der Waals surface area (Å²) in [4.78, 5) is 12.8. The summed E-state index contributed by atoms with van der Waals surface area (Å²) >= 11 is 12.0. The quantitative estimate of drug-likeness (QED) is 0.420. The highest BCUT2D eigenvalue weighted by atomic mass is 35.5. The molecule has 0 fully saturated rings. The number of anilines is 1. The maximum absolute atomic E-state index is 14.4. The third kappa shape index (κ3) is 6.23. The van der Waals surface area contributed by atoms with E-state index in [4.69, 9.17) is 27.9 Å². The van der Waals surface area contributed by atoms with Gasteiger partial charge in [0.05, 0.1) is 23.7 Å². The van der Waals surface area contributed by atoms with Gasteiger partial charge >= 0.3 is 0 Å². The molecule has 33 heavy (non-hydrogen) atoms. The Bertz CT molecular complexity index is 1220. The Kier molecular flexibility index (Phi) is 8.31. The fourth-order valence-electron chi connectivity index (χ4n) is 3.04. The highest BCUT2D eigenvalue weighted by Crippen LogP contribution is 2.27. The Morgan fingerprint density at radius 3 is 2.39 bits per heavy atom. The monoisotopic (exact) mass is 510 g/mol. The molecule has 0 heterocycles. The van der Waals surface area contributed by atoms with E-state index < -0.39 is 34.8 Å². The summed E-state index contributed by atoms with van der Waals surface area (Å²) in [5, 5.41) is 3.05. The van der Waals surface area contributed by atoms with Crippen LogP contribution in [0.25, 0.3) is 0 Å². The predicted molar refractivity (Wildman–Crippen MR) is 127 cm³/mol. The molecular formula is C23H21Cl2FN2O4S. The lowest BCUT2D eigenvalue weighted by Gasteiger charge is -2.23. The Morgan fingerprint density at radius 1 is 1.03 bits per heavy atom. The third-order valence-corrected chi connectivity index (χ3v) is 7.04. The molecule has 3 aromatic rings. The lowest BCUT2D eigenvalue weighted by atomic mass is 10.2. The molecule has 1 N–H and O–H groups in total. The number of nitrogens with one attached hydrogen (secondary N) is 1. The minimum Gasteiger partial charge on any atom is -0.492 e. The zero-order chi connectivity index (χ0) is 24.0. The summed E-state index contributed by atoms with van der Waals surface area (Å²) in [7, 11) is -4.20. The summed E-state index contributed by atoms with van der Waals surface area (Å²) < 4.78 is 47.5. The summed E-state index contributed by atoms with van der Waals surface area (Å²) in [6.45, 7) is 1.15. The number of amides is 1. The Labute approximate surface area is 201 Å². The number of hydrogen-bond donors (Lipinski definition) is 1. The molecular weight excluding hydrogens is 490 g/mol. The van der Waals surface area contributed by atoms with Gasteiger partial charge in [-0.3, -0.25) is 4.79 Å². The number of sulfonamides is 1. The van der Waals surface area contributed by atoms with E-state index in [0.717, 1.165) is 4.31 Å². The van der Waals surface area contributed by atoms with E-state index in [9.17, 15) is 17.6 Å². The number of rotatable bonds is 9. The van der Waals surface area contributed by atoms with Crippen LogP contribution in [0.15, 0.2) is 71.6 Å². The summed E-state index contributed by atoms with van der Waals surface area (Å²) in [6, 6.07) is 16.3. The van der Waals surface area contributed by atoms with Crippen molar-refractivity contribution in [3.63, 3.8) is 0 Å². The molecule has 0 atom stereocenters. The van der Waals surface area contributed by atoms with Gasteiger partial charge in [0, 0.05) is 22.2 Å². The summed E-state index contributed by atoms with van der Waals surface area (Å²) in [5.41, 5.74) is 0.344. The molecule has 0 saturated carbocycles. The molecule has 3 rings (SSSR count). The molecule has 0 aliphatic carbocycles. The van der Waals surface area contributed by atoms with Crippen LogP contribution in [-0.4, -0.2) is 31.8 Å². The maximum atomic E-state index is 14.4. The fraction of sp³-hybridized carbons (Fsp3) is 0.174. The van der Waals surface area contributed by atoms with Crippen LogP contribution in [0.1, 0.15) is 12.5 Å². The highest BCUT2D eigenvalue weighted by molar-refractivity contribution is 7.89. The number of carbonyl (C=O) groups excluding carboxylic acids is 1. The van der Waals surface area contributed by atoms with Gasteiger partial charge in [-0.05, 0) is 55.5 Å². The van der Waals surface area contributed by atoms with Crippen molar-refractivity contribution in [3.05, 3.63) is 88.2 Å². The van der Waals surface area contributed by atoms with Gasteiger partial charge in [0.1, 0.15) is 11.6 Å². The molecule has 0 aliphatic rings. The molecule has 0 aliphatic heterocycles. The fourth-order valence-corrected chi connectivity index (χ4v) is 4.76. The molecule has 6 nitrogen and oxygen atoms in total. The van der Waals surface area contributed by atoms with Crippen LogP contribution in [0, 0.1) is 5.82 Å². The zero-order valence-electron chi connectivity index (χ0n) is 17.6. The topological polar surface area (TPSA) is 75.7 Å². The van der Waals surface area contributed by atoms with E-state index in [-0.39, 0.29) is 15.5 Å². The molecule has 10 heteroatoms.